The van der Waals surface area contributed by atoms with E-state index in [2.05, 4.69) is 12.2 Å². The summed E-state index contributed by atoms with van der Waals surface area (Å²) in [5, 5.41) is 22.0. The number of carbonyl (C=O) groups excluding carboxylic acids is 1. The zero-order valence-corrected chi connectivity index (χ0v) is 13.0. The lowest BCUT2D eigenvalue weighted by Crippen LogP contribution is -2.48. The van der Waals surface area contributed by atoms with Gasteiger partial charge in [-0.3, -0.25) is 4.79 Å². The van der Waals surface area contributed by atoms with Gasteiger partial charge in [-0.15, -0.1) is 0 Å². The monoisotopic (exact) mass is 309 g/mol. The largest absolute Gasteiger partial charge is 0.393 e. The van der Waals surface area contributed by atoms with Gasteiger partial charge in [-0.05, 0) is 44.4 Å². The molecule has 5 nitrogen and oxygen atoms in total. The van der Waals surface area contributed by atoms with Crippen molar-refractivity contribution >= 4 is 5.91 Å². The number of hydrogen-bond acceptors (Lipinski definition) is 4. The lowest BCUT2D eigenvalue weighted by molar-refractivity contribution is -0.130. The lowest BCUT2D eigenvalue weighted by atomic mass is 9.96. The van der Waals surface area contributed by atoms with Crippen molar-refractivity contribution in [1.82, 2.24) is 10.2 Å². The van der Waals surface area contributed by atoms with E-state index in [4.69, 9.17) is 5.26 Å². The quantitative estimate of drug-likeness (QED) is 0.815. The Morgan fingerprint density at radius 1 is 1.41 bits per heavy atom. The zero-order valence-electron chi connectivity index (χ0n) is 13.0. The first kappa shape index (κ1) is 15.7. The van der Waals surface area contributed by atoms with Crippen LogP contribution in [0.3, 0.4) is 0 Å². The molecule has 6 heteroatoms. The Hall–Kier alpha value is -1.19. The first-order chi connectivity index (χ1) is 10.4. The van der Waals surface area contributed by atoms with Crippen molar-refractivity contribution in [2.24, 2.45) is 11.8 Å². The molecule has 2 N–H and O–H groups in total. The summed E-state index contributed by atoms with van der Waals surface area (Å²) in [6.07, 6.45) is 2.54. The number of hydrogen-bond donors (Lipinski definition) is 2. The number of amides is 1. The molecule has 6 atom stereocenters. The minimum Gasteiger partial charge on any atom is -0.393 e. The average Bonchev–Trinajstić information content (AvgIpc) is 3.07. The second-order valence-corrected chi connectivity index (χ2v) is 7.49. The topological polar surface area (TPSA) is 76.4 Å². The molecule has 122 valence electrons. The summed E-state index contributed by atoms with van der Waals surface area (Å²) < 4.78 is 13.4. The van der Waals surface area contributed by atoms with Crippen molar-refractivity contribution in [3.63, 3.8) is 0 Å². The van der Waals surface area contributed by atoms with Gasteiger partial charge in [0.25, 0.3) is 0 Å². The van der Waals surface area contributed by atoms with E-state index in [1.807, 2.05) is 6.07 Å². The van der Waals surface area contributed by atoms with Crippen molar-refractivity contribution in [3.8, 4) is 6.07 Å². The van der Waals surface area contributed by atoms with Crippen LogP contribution in [-0.2, 0) is 4.79 Å². The highest BCUT2D eigenvalue weighted by atomic mass is 19.1. The van der Waals surface area contributed by atoms with Gasteiger partial charge >= 0.3 is 0 Å². The lowest BCUT2D eigenvalue weighted by Gasteiger charge is -2.29. The van der Waals surface area contributed by atoms with Crippen molar-refractivity contribution in [2.45, 2.75) is 62.9 Å². The summed E-state index contributed by atoms with van der Waals surface area (Å²) in [6, 6.07) is 1.38. The number of alkyl halides is 1. The third-order valence-electron chi connectivity index (χ3n) is 5.63. The standard InChI is InChI=1S/C16H24FN3O2/c1-16(5-10-2-14(21)3-11(10)6-16)19-8-15(22)20-9-12(17)4-13(20)7-18/h10-14,19,21H,2-6,8-9H2,1H3/t10-,11?,12+,13+,14-,16-/m1/s1. The molecule has 0 radical (unpaired) electrons. The molecule has 3 fully saturated rings. The number of nitrogens with one attached hydrogen (secondary N) is 1. The summed E-state index contributed by atoms with van der Waals surface area (Å²) >= 11 is 0. The Bertz CT molecular complexity index is 478. The molecular formula is C16H24FN3O2. The fourth-order valence-corrected chi connectivity index (χ4v) is 4.64. The van der Waals surface area contributed by atoms with Crippen LogP contribution in [0, 0.1) is 23.2 Å². The van der Waals surface area contributed by atoms with Gasteiger partial charge in [-0.2, -0.15) is 5.26 Å². The fraction of sp³-hybridized carbons (Fsp3) is 0.875. The van der Waals surface area contributed by atoms with Gasteiger partial charge in [0, 0.05) is 12.0 Å². The Labute approximate surface area is 130 Å². The van der Waals surface area contributed by atoms with E-state index in [9.17, 15) is 14.3 Å². The molecule has 0 bridgehead atoms. The molecule has 1 heterocycles. The number of fused-ring (bicyclic) bond motifs is 1. The highest BCUT2D eigenvalue weighted by molar-refractivity contribution is 5.79. The van der Waals surface area contributed by atoms with Crippen LogP contribution in [0.4, 0.5) is 4.39 Å². The van der Waals surface area contributed by atoms with E-state index >= 15 is 0 Å². The summed E-state index contributed by atoms with van der Waals surface area (Å²) in [6.45, 7) is 2.31. The highest BCUT2D eigenvalue weighted by Crippen LogP contribution is 2.48. The van der Waals surface area contributed by atoms with Crippen LogP contribution in [0.5, 0.6) is 0 Å². The van der Waals surface area contributed by atoms with Crippen LogP contribution in [0.1, 0.15) is 39.0 Å². The third kappa shape index (κ3) is 2.97. The first-order valence-corrected chi connectivity index (χ1v) is 8.16. The Morgan fingerprint density at radius 2 is 2.05 bits per heavy atom. The van der Waals surface area contributed by atoms with Crippen molar-refractivity contribution in [1.29, 1.82) is 5.26 Å². The molecule has 22 heavy (non-hydrogen) atoms. The summed E-state index contributed by atoms with van der Waals surface area (Å²) in [4.78, 5) is 13.6. The number of carbonyl (C=O) groups is 1. The normalized spacial score (nSPS) is 44.1. The summed E-state index contributed by atoms with van der Waals surface area (Å²) in [5.41, 5.74) is -0.0951. The number of nitriles is 1. The maximum absolute atomic E-state index is 13.4. The second kappa shape index (κ2) is 5.78. The SMILES string of the molecule is C[C@]1(NCC(=O)N2C[C@@H](F)C[C@H]2C#N)CC2C[C@H](O)C[C@@H]2C1. The maximum Gasteiger partial charge on any atom is 0.237 e. The molecule has 3 aliphatic rings. The van der Waals surface area contributed by atoms with E-state index in [0.29, 0.717) is 11.8 Å². The van der Waals surface area contributed by atoms with Crippen LogP contribution in [0.25, 0.3) is 0 Å². The van der Waals surface area contributed by atoms with Gasteiger partial charge < -0.3 is 15.3 Å². The number of aliphatic hydroxyl groups excluding tert-OH is 1. The van der Waals surface area contributed by atoms with Gasteiger partial charge in [0.2, 0.25) is 5.91 Å². The molecule has 2 aliphatic carbocycles. The summed E-state index contributed by atoms with van der Waals surface area (Å²) in [7, 11) is 0. The van der Waals surface area contributed by atoms with Crippen LogP contribution in [0.15, 0.2) is 0 Å². The van der Waals surface area contributed by atoms with Crippen LogP contribution in [-0.4, -0.2) is 52.9 Å². The highest BCUT2D eigenvalue weighted by Gasteiger charge is 2.47. The average molecular weight is 309 g/mol. The van der Waals surface area contributed by atoms with E-state index in [-0.39, 0.29) is 37.1 Å². The number of aliphatic hydroxyl groups is 1. The van der Waals surface area contributed by atoms with Gasteiger partial charge in [0.1, 0.15) is 12.2 Å². The van der Waals surface area contributed by atoms with E-state index in [1.165, 1.54) is 4.90 Å². The first-order valence-electron chi connectivity index (χ1n) is 8.16. The van der Waals surface area contributed by atoms with Gasteiger partial charge in [0.15, 0.2) is 0 Å². The molecule has 1 unspecified atom stereocenters. The fourth-order valence-electron chi connectivity index (χ4n) is 4.64. The van der Waals surface area contributed by atoms with E-state index in [0.717, 1.165) is 25.7 Å². The van der Waals surface area contributed by atoms with Crippen LogP contribution in [0.2, 0.25) is 0 Å². The number of nitrogens with zero attached hydrogens (tertiary/aromatic N) is 2. The third-order valence-corrected chi connectivity index (χ3v) is 5.63. The molecule has 0 aromatic heterocycles. The second-order valence-electron chi connectivity index (χ2n) is 7.49. The van der Waals surface area contributed by atoms with Crippen LogP contribution >= 0.6 is 0 Å². The molecule has 0 aromatic rings. The van der Waals surface area contributed by atoms with Crippen molar-refractivity contribution in [3.05, 3.63) is 0 Å². The molecule has 3 rings (SSSR count). The number of halogens is 1. The molecule has 1 amide bonds. The summed E-state index contributed by atoms with van der Waals surface area (Å²) in [5.74, 6) is 0.887. The van der Waals surface area contributed by atoms with Crippen molar-refractivity contribution in [2.75, 3.05) is 13.1 Å². The maximum atomic E-state index is 13.4. The van der Waals surface area contributed by atoms with Gasteiger partial charge in [-0.25, -0.2) is 4.39 Å². The number of rotatable bonds is 3. The molecule has 1 saturated heterocycles. The minimum absolute atomic E-state index is 0.0346. The number of likely N-dealkylation sites (tertiary alicyclic amines) is 1. The van der Waals surface area contributed by atoms with Crippen LogP contribution < -0.4 is 5.32 Å². The molecule has 0 spiro atoms. The molecule has 2 saturated carbocycles. The zero-order chi connectivity index (χ0) is 15.9. The van der Waals surface area contributed by atoms with E-state index < -0.39 is 12.2 Å². The van der Waals surface area contributed by atoms with E-state index in [1.54, 1.807) is 0 Å². The van der Waals surface area contributed by atoms with Gasteiger partial charge in [0.05, 0.1) is 25.3 Å². The minimum atomic E-state index is -1.09. The van der Waals surface area contributed by atoms with Crippen molar-refractivity contribution < 1.29 is 14.3 Å². The Kier molecular flexibility index (Phi) is 4.13. The predicted molar refractivity (Wildman–Crippen MR) is 78.5 cm³/mol. The Balaban J connectivity index is 1.53. The Morgan fingerprint density at radius 3 is 2.64 bits per heavy atom. The molecule has 1 aliphatic heterocycles. The van der Waals surface area contributed by atoms with Gasteiger partial charge in [-0.1, -0.05) is 0 Å². The molecular weight excluding hydrogens is 285 g/mol. The molecule has 0 aromatic carbocycles. The smallest absolute Gasteiger partial charge is 0.237 e. The predicted octanol–water partition coefficient (Wildman–Crippen LogP) is 0.978.